The van der Waals surface area contributed by atoms with Gasteiger partial charge in [-0.3, -0.25) is 4.90 Å². The molecule has 2 aromatic carbocycles. The van der Waals surface area contributed by atoms with E-state index in [2.05, 4.69) is 22.3 Å². The van der Waals surface area contributed by atoms with Crippen LogP contribution in [0.15, 0.2) is 48.5 Å². The summed E-state index contributed by atoms with van der Waals surface area (Å²) in [6, 6.07) is 15.5. The van der Waals surface area contributed by atoms with Gasteiger partial charge >= 0.3 is 6.03 Å². The van der Waals surface area contributed by atoms with Crippen molar-refractivity contribution in [3.8, 4) is 0 Å². The van der Waals surface area contributed by atoms with E-state index in [0.717, 1.165) is 53.7 Å². The first kappa shape index (κ1) is 23.1. The number of carbonyl (C=O) groups excluding carboxylic acids is 1. The second-order valence-electron chi connectivity index (χ2n) is 8.75. The first-order valence-corrected chi connectivity index (χ1v) is 11.7. The number of carbonyl (C=O) groups is 1. The van der Waals surface area contributed by atoms with Crippen molar-refractivity contribution in [3.63, 3.8) is 0 Å². The molecule has 7 nitrogen and oxygen atoms in total. The number of halogens is 1. The lowest BCUT2D eigenvalue weighted by Crippen LogP contribution is -2.47. The third-order valence-electron chi connectivity index (χ3n) is 6.36. The van der Waals surface area contributed by atoms with Gasteiger partial charge in [-0.05, 0) is 43.4 Å². The smallest absolute Gasteiger partial charge is 0.319 e. The Labute approximate surface area is 199 Å². The number of hydrogen-bond donors (Lipinski definition) is 3. The topological polar surface area (TPSA) is 101 Å². The van der Waals surface area contributed by atoms with E-state index in [-0.39, 0.29) is 12.1 Å². The zero-order chi connectivity index (χ0) is 23.5. The molecule has 2 amide bonds. The summed E-state index contributed by atoms with van der Waals surface area (Å²) in [7, 11) is 4.08. The summed E-state index contributed by atoms with van der Waals surface area (Å²) in [6.07, 6.45) is 3.40. The molecule has 1 aromatic heterocycles. The quantitative estimate of drug-likeness (QED) is 0.488. The van der Waals surface area contributed by atoms with Crippen LogP contribution in [0, 0.1) is 0 Å². The van der Waals surface area contributed by atoms with Gasteiger partial charge in [0.25, 0.3) is 0 Å². The monoisotopic (exact) mass is 466 g/mol. The number of hydrogen-bond acceptors (Lipinski definition) is 5. The number of urea groups is 1. The molecular weight excluding hydrogens is 436 g/mol. The Hall–Kier alpha value is -3.03. The fourth-order valence-corrected chi connectivity index (χ4v) is 5.04. The summed E-state index contributed by atoms with van der Waals surface area (Å²) >= 11 is 6.46. The molecule has 4 rings (SSSR count). The Bertz CT molecular complexity index is 1140. The van der Waals surface area contributed by atoms with E-state index in [0.29, 0.717) is 17.3 Å². The van der Waals surface area contributed by atoms with Crippen LogP contribution in [0.3, 0.4) is 0 Å². The Kier molecular flexibility index (Phi) is 6.91. The van der Waals surface area contributed by atoms with Crippen LogP contribution in [0.25, 0.3) is 10.9 Å². The predicted octanol–water partition coefficient (Wildman–Crippen LogP) is 4.72. The summed E-state index contributed by atoms with van der Waals surface area (Å²) in [6.45, 7) is 0.290. The highest BCUT2D eigenvalue weighted by atomic mass is 35.5. The van der Waals surface area contributed by atoms with E-state index < -0.39 is 6.03 Å². The van der Waals surface area contributed by atoms with Crippen LogP contribution >= 0.6 is 11.6 Å². The van der Waals surface area contributed by atoms with Gasteiger partial charge in [0.1, 0.15) is 5.82 Å². The molecule has 0 unspecified atom stereocenters. The second kappa shape index (κ2) is 9.85. The van der Waals surface area contributed by atoms with Crippen LogP contribution in [-0.2, 0) is 6.54 Å². The molecule has 5 N–H and O–H groups in total. The molecule has 1 heterocycles. The molecule has 0 spiro atoms. The third-order valence-corrected chi connectivity index (χ3v) is 6.66. The van der Waals surface area contributed by atoms with Crippen LogP contribution in [0.1, 0.15) is 31.2 Å². The van der Waals surface area contributed by atoms with Crippen molar-refractivity contribution >= 4 is 45.7 Å². The molecule has 0 atom stereocenters. The summed E-state index contributed by atoms with van der Waals surface area (Å²) in [4.78, 5) is 21.0. The summed E-state index contributed by atoms with van der Waals surface area (Å²) < 4.78 is 0. The minimum atomic E-state index is -0.499. The predicted molar refractivity (Wildman–Crippen MR) is 137 cm³/mol. The Morgan fingerprint density at radius 1 is 1.12 bits per heavy atom. The number of anilines is 3. The average molecular weight is 467 g/mol. The van der Waals surface area contributed by atoms with E-state index in [9.17, 15) is 4.79 Å². The van der Waals surface area contributed by atoms with Crippen molar-refractivity contribution in [1.29, 1.82) is 0 Å². The Morgan fingerprint density at radius 2 is 1.85 bits per heavy atom. The minimum absolute atomic E-state index is 0.0207. The maximum atomic E-state index is 12.4. The van der Waals surface area contributed by atoms with Gasteiger partial charge in [-0.1, -0.05) is 41.9 Å². The SMILES string of the molecule is CN(C)c1cc(NC2CCC(N(C(N)=O)c3c(Cl)cccc3CN)CC2)nc2ccccc12. The molecule has 33 heavy (non-hydrogen) atoms. The second-order valence-corrected chi connectivity index (χ2v) is 9.16. The number of aromatic nitrogens is 1. The van der Waals surface area contributed by atoms with Crippen LogP contribution in [0.2, 0.25) is 5.02 Å². The molecule has 1 fully saturated rings. The fraction of sp³-hybridized carbons (Fsp3) is 0.360. The zero-order valence-corrected chi connectivity index (χ0v) is 19.8. The number of pyridine rings is 1. The molecule has 0 radical (unpaired) electrons. The van der Waals surface area contributed by atoms with Gasteiger partial charge in [0.2, 0.25) is 0 Å². The highest BCUT2D eigenvalue weighted by Crippen LogP contribution is 2.36. The van der Waals surface area contributed by atoms with Crippen molar-refractivity contribution in [2.75, 3.05) is 29.2 Å². The van der Waals surface area contributed by atoms with Gasteiger partial charge in [-0.25, -0.2) is 9.78 Å². The van der Waals surface area contributed by atoms with Crippen molar-refractivity contribution in [3.05, 3.63) is 59.1 Å². The number of nitrogens with one attached hydrogen (secondary N) is 1. The largest absolute Gasteiger partial charge is 0.377 e. The van der Waals surface area contributed by atoms with Crippen molar-refractivity contribution < 1.29 is 4.79 Å². The summed E-state index contributed by atoms with van der Waals surface area (Å²) in [5, 5.41) is 5.24. The molecule has 8 heteroatoms. The highest BCUT2D eigenvalue weighted by Gasteiger charge is 2.31. The highest BCUT2D eigenvalue weighted by molar-refractivity contribution is 6.34. The number of primary amides is 1. The van der Waals surface area contributed by atoms with Crippen molar-refractivity contribution in [2.45, 2.75) is 44.3 Å². The lowest BCUT2D eigenvalue weighted by molar-refractivity contribution is 0.248. The molecule has 0 saturated heterocycles. The van der Waals surface area contributed by atoms with Gasteiger partial charge < -0.3 is 21.7 Å². The molecule has 1 aliphatic rings. The first-order valence-electron chi connectivity index (χ1n) is 11.3. The van der Waals surface area contributed by atoms with Crippen LogP contribution in [0.4, 0.5) is 22.0 Å². The van der Waals surface area contributed by atoms with Crippen molar-refractivity contribution in [1.82, 2.24) is 4.98 Å². The summed E-state index contributed by atoms with van der Waals surface area (Å²) in [5.74, 6) is 0.865. The number of fused-ring (bicyclic) bond motifs is 1. The van der Waals surface area contributed by atoms with Crippen LogP contribution in [-0.4, -0.2) is 37.2 Å². The molecule has 1 aliphatic carbocycles. The standard InChI is InChI=1S/C25H31ClN6O/c1-31(2)22-14-23(30-21-9-4-3-7-19(21)22)29-17-10-12-18(13-11-17)32(25(28)33)24-16(15-27)6-5-8-20(24)26/h3-9,14,17-18H,10-13,15,27H2,1-2H3,(H2,28,33)(H,29,30). The average Bonchev–Trinajstić information content (AvgIpc) is 2.80. The van der Waals surface area contributed by atoms with Gasteiger partial charge in [0.15, 0.2) is 0 Å². The van der Waals surface area contributed by atoms with Gasteiger partial charge in [-0.15, -0.1) is 0 Å². The number of benzene rings is 2. The van der Waals surface area contributed by atoms with E-state index in [4.69, 9.17) is 28.1 Å². The summed E-state index contributed by atoms with van der Waals surface area (Å²) in [5.41, 5.74) is 15.3. The van der Waals surface area contributed by atoms with Gasteiger partial charge in [-0.2, -0.15) is 0 Å². The molecule has 3 aromatic rings. The lowest BCUT2D eigenvalue weighted by Gasteiger charge is -2.37. The van der Waals surface area contributed by atoms with E-state index in [1.807, 2.05) is 44.4 Å². The molecule has 0 aliphatic heterocycles. The van der Waals surface area contributed by atoms with Crippen LogP contribution in [0.5, 0.6) is 0 Å². The maximum absolute atomic E-state index is 12.4. The van der Waals surface area contributed by atoms with E-state index in [1.54, 1.807) is 11.0 Å². The lowest BCUT2D eigenvalue weighted by atomic mass is 9.89. The first-order chi connectivity index (χ1) is 15.9. The zero-order valence-electron chi connectivity index (χ0n) is 19.1. The number of rotatable bonds is 6. The number of amides is 2. The number of nitrogens with zero attached hydrogens (tertiary/aromatic N) is 3. The number of para-hydroxylation sites is 2. The molecule has 174 valence electrons. The van der Waals surface area contributed by atoms with Gasteiger partial charge in [0, 0.05) is 49.9 Å². The van der Waals surface area contributed by atoms with Gasteiger partial charge in [0.05, 0.1) is 16.2 Å². The van der Waals surface area contributed by atoms with Crippen molar-refractivity contribution in [2.24, 2.45) is 11.5 Å². The normalized spacial score (nSPS) is 18.2. The third kappa shape index (κ3) is 4.84. The number of nitrogens with two attached hydrogens (primary N) is 2. The van der Waals surface area contributed by atoms with Crippen LogP contribution < -0.4 is 26.6 Å². The minimum Gasteiger partial charge on any atom is -0.377 e. The molecule has 1 saturated carbocycles. The van der Waals surface area contributed by atoms with E-state index >= 15 is 0 Å². The van der Waals surface area contributed by atoms with E-state index in [1.165, 1.54) is 0 Å². The fourth-order valence-electron chi connectivity index (χ4n) is 4.76. The maximum Gasteiger partial charge on any atom is 0.319 e. The Balaban J connectivity index is 1.51. The Morgan fingerprint density at radius 3 is 2.52 bits per heavy atom. The molecular formula is C25H31ClN6O. The molecule has 0 bridgehead atoms.